The molecule has 1 fully saturated rings. The first-order chi connectivity index (χ1) is 10.8. The zero-order valence-electron chi connectivity index (χ0n) is 12.9. The lowest BCUT2D eigenvalue weighted by Gasteiger charge is -2.22. The Morgan fingerprint density at radius 3 is 2.77 bits per heavy atom. The van der Waals surface area contributed by atoms with Gasteiger partial charge in [0.15, 0.2) is 5.82 Å². The van der Waals surface area contributed by atoms with Crippen LogP contribution in [0.1, 0.15) is 12.2 Å². The number of nitrogens with zero attached hydrogens (tertiary/aromatic N) is 5. The largest absolute Gasteiger partial charge is 0.383 e. The molecule has 0 amide bonds. The Hall–Kier alpha value is -1.83. The summed E-state index contributed by atoms with van der Waals surface area (Å²) >= 11 is 0. The third-order valence-electron chi connectivity index (χ3n) is 4.06. The van der Waals surface area contributed by atoms with Crippen molar-refractivity contribution in [2.75, 3.05) is 27.4 Å². The van der Waals surface area contributed by atoms with Crippen molar-refractivity contribution in [3.05, 3.63) is 36.2 Å². The first-order valence-electron chi connectivity index (χ1n) is 7.40. The van der Waals surface area contributed by atoms with Crippen LogP contribution in [0.3, 0.4) is 0 Å². The molecular formula is C15H21N5O2. The summed E-state index contributed by atoms with van der Waals surface area (Å²) < 4.78 is 12.6. The van der Waals surface area contributed by atoms with Gasteiger partial charge in [0.05, 0.1) is 24.9 Å². The van der Waals surface area contributed by atoms with Crippen LogP contribution in [-0.4, -0.2) is 64.6 Å². The molecule has 2 aromatic rings. The van der Waals surface area contributed by atoms with Crippen molar-refractivity contribution in [2.45, 2.75) is 25.1 Å². The van der Waals surface area contributed by atoms with Crippen molar-refractivity contribution in [3.8, 4) is 5.69 Å². The van der Waals surface area contributed by atoms with Gasteiger partial charge in [0, 0.05) is 26.8 Å². The maximum atomic E-state index is 5.50. The van der Waals surface area contributed by atoms with Gasteiger partial charge in [0.2, 0.25) is 0 Å². The van der Waals surface area contributed by atoms with E-state index in [9.17, 15) is 0 Å². The normalized spacial score (nSPS) is 22.3. The predicted octanol–water partition coefficient (Wildman–Crippen LogP) is 0.898. The lowest BCUT2D eigenvalue weighted by molar-refractivity contribution is 0.104. The van der Waals surface area contributed by atoms with E-state index in [4.69, 9.17) is 9.47 Å². The number of benzene rings is 1. The average molecular weight is 303 g/mol. The Balaban J connectivity index is 1.77. The fourth-order valence-corrected chi connectivity index (χ4v) is 2.92. The molecule has 1 aromatic heterocycles. The Bertz CT molecular complexity index is 589. The number of aromatic nitrogens is 4. The summed E-state index contributed by atoms with van der Waals surface area (Å²) in [6.45, 7) is 2.23. The summed E-state index contributed by atoms with van der Waals surface area (Å²) in [4.78, 5) is 2.32. The predicted molar refractivity (Wildman–Crippen MR) is 80.6 cm³/mol. The lowest BCUT2D eigenvalue weighted by atomic mass is 10.2. The SMILES string of the molecule is COC[C@@H]1C[C@H](OC)CN1Cc1nnnn1-c1ccccc1. The number of hydrogen-bond donors (Lipinski definition) is 0. The Morgan fingerprint density at radius 1 is 1.23 bits per heavy atom. The van der Waals surface area contributed by atoms with Crippen molar-refractivity contribution in [1.29, 1.82) is 0 Å². The smallest absolute Gasteiger partial charge is 0.170 e. The van der Waals surface area contributed by atoms with Gasteiger partial charge in [-0.3, -0.25) is 4.90 Å². The van der Waals surface area contributed by atoms with E-state index in [0.717, 1.165) is 24.5 Å². The minimum Gasteiger partial charge on any atom is -0.383 e. The molecule has 0 N–H and O–H groups in total. The van der Waals surface area contributed by atoms with Gasteiger partial charge in [-0.2, -0.15) is 4.68 Å². The highest BCUT2D eigenvalue weighted by Crippen LogP contribution is 2.22. The molecule has 1 aliphatic heterocycles. The van der Waals surface area contributed by atoms with Crippen molar-refractivity contribution in [2.24, 2.45) is 0 Å². The minimum atomic E-state index is 0.237. The van der Waals surface area contributed by atoms with Crippen LogP contribution in [0.2, 0.25) is 0 Å². The number of methoxy groups -OCH3 is 2. The quantitative estimate of drug-likeness (QED) is 0.790. The van der Waals surface area contributed by atoms with Gasteiger partial charge in [-0.25, -0.2) is 0 Å². The molecular weight excluding hydrogens is 282 g/mol. The van der Waals surface area contributed by atoms with Crippen LogP contribution < -0.4 is 0 Å². The van der Waals surface area contributed by atoms with Crippen LogP contribution >= 0.6 is 0 Å². The fraction of sp³-hybridized carbons (Fsp3) is 0.533. The van der Waals surface area contributed by atoms with E-state index in [1.165, 1.54) is 0 Å². The van der Waals surface area contributed by atoms with Crippen LogP contribution in [0.5, 0.6) is 0 Å². The highest BCUT2D eigenvalue weighted by atomic mass is 16.5. The van der Waals surface area contributed by atoms with E-state index in [1.54, 1.807) is 18.9 Å². The van der Waals surface area contributed by atoms with Crippen molar-refractivity contribution >= 4 is 0 Å². The average Bonchev–Trinajstić information content (AvgIpc) is 3.16. The van der Waals surface area contributed by atoms with Gasteiger partial charge in [-0.15, -0.1) is 5.10 Å². The van der Waals surface area contributed by atoms with Crippen LogP contribution in [0.4, 0.5) is 0 Å². The van der Waals surface area contributed by atoms with Gasteiger partial charge >= 0.3 is 0 Å². The third kappa shape index (κ3) is 3.16. The molecule has 2 heterocycles. The maximum absolute atomic E-state index is 5.50. The number of tetrazole rings is 1. The van der Waals surface area contributed by atoms with Crippen LogP contribution in [0.15, 0.2) is 30.3 Å². The molecule has 0 unspecified atom stereocenters. The third-order valence-corrected chi connectivity index (χ3v) is 4.06. The highest BCUT2D eigenvalue weighted by molar-refractivity contribution is 5.30. The fourth-order valence-electron chi connectivity index (χ4n) is 2.92. The molecule has 7 heteroatoms. The van der Waals surface area contributed by atoms with Crippen molar-refractivity contribution in [3.63, 3.8) is 0 Å². The summed E-state index contributed by atoms with van der Waals surface area (Å²) in [5.41, 5.74) is 0.966. The molecule has 0 saturated carbocycles. The molecule has 118 valence electrons. The molecule has 22 heavy (non-hydrogen) atoms. The van der Waals surface area contributed by atoms with E-state index < -0.39 is 0 Å². The van der Waals surface area contributed by atoms with E-state index in [2.05, 4.69) is 20.4 Å². The number of para-hydroxylation sites is 1. The highest BCUT2D eigenvalue weighted by Gasteiger charge is 2.33. The minimum absolute atomic E-state index is 0.237. The first kappa shape index (κ1) is 15.1. The molecule has 0 radical (unpaired) electrons. The summed E-state index contributed by atoms with van der Waals surface area (Å²) in [5, 5.41) is 12.1. The molecule has 1 aliphatic rings. The topological polar surface area (TPSA) is 65.3 Å². The number of rotatable bonds is 6. The number of hydrogen-bond acceptors (Lipinski definition) is 6. The van der Waals surface area contributed by atoms with Crippen molar-refractivity contribution in [1.82, 2.24) is 25.1 Å². The number of ether oxygens (including phenoxy) is 2. The van der Waals surface area contributed by atoms with E-state index in [0.29, 0.717) is 19.2 Å². The summed E-state index contributed by atoms with van der Waals surface area (Å²) in [6, 6.07) is 10.3. The molecule has 1 saturated heterocycles. The van der Waals surface area contributed by atoms with Crippen LogP contribution in [0.25, 0.3) is 5.69 Å². The van der Waals surface area contributed by atoms with Gasteiger partial charge < -0.3 is 9.47 Å². The van der Waals surface area contributed by atoms with Crippen LogP contribution in [0, 0.1) is 0 Å². The molecule has 0 spiro atoms. The first-order valence-corrected chi connectivity index (χ1v) is 7.40. The standard InChI is InChI=1S/C15H21N5O2/c1-21-11-13-8-14(22-2)9-19(13)10-15-16-17-18-20(15)12-6-4-3-5-7-12/h3-7,13-14H,8-11H2,1-2H3/t13-,14-/m0/s1. The number of likely N-dealkylation sites (tertiary alicyclic amines) is 1. The molecule has 3 rings (SSSR count). The monoisotopic (exact) mass is 303 g/mol. The zero-order chi connectivity index (χ0) is 15.4. The molecule has 1 aromatic carbocycles. The summed E-state index contributed by atoms with van der Waals surface area (Å²) in [6.07, 6.45) is 1.21. The van der Waals surface area contributed by atoms with Crippen molar-refractivity contribution < 1.29 is 9.47 Å². The molecule has 2 atom stereocenters. The second kappa shape index (κ2) is 6.95. The Labute approximate surface area is 129 Å². The Morgan fingerprint density at radius 2 is 2.05 bits per heavy atom. The summed E-state index contributed by atoms with van der Waals surface area (Å²) in [5.74, 6) is 0.823. The van der Waals surface area contributed by atoms with E-state index >= 15 is 0 Å². The van der Waals surface area contributed by atoms with Gasteiger partial charge in [0.1, 0.15) is 0 Å². The molecule has 0 bridgehead atoms. The Kier molecular flexibility index (Phi) is 4.77. The molecule has 7 nitrogen and oxygen atoms in total. The van der Waals surface area contributed by atoms with E-state index in [1.807, 2.05) is 30.3 Å². The van der Waals surface area contributed by atoms with Gasteiger partial charge in [-0.1, -0.05) is 18.2 Å². The van der Waals surface area contributed by atoms with Gasteiger partial charge in [-0.05, 0) is 29.0 Å². The van der Waals surface area contributed by atoms with E-state index in [-0.39, 0.29) is 6.10 Å². The second-order valence-corrected chi connectivity index (χ2v) is 5.47. The van der Waals surface area contributed by atoms with Crippen LogP contribution in [-0.2, 0) is 16.0 Å². The lowest BCUT2D eigenvalue weighted by Crippen LogP contribution is -2.33. The maximum Gasteiger partial charge on any atom is 0.170 e. The molecule has 0 aliphatic carbocycles. The summed E-state index contributed by atoms with van der Waals surface area (Å²) in [7, 11) is 3.48. The zero-order valence-corrected chi connectivity index (χ0v) is 12.9. The van der Waals surface area contributed by atoms with Gasteiger partial charge in [0.25, 0.3) is 0 Å². The second-order valence-electron chi connectivity index (χ2n) is 5.47.